The maximum atomic E-state index is 12.9. The maximum absolute atomic E-state index is 12.9. The van der Waals surface area contributed by atoms with Crippen LogP contribution < -0.4 is 5.73 Å². The van der Waals surface area contributed by atoms with Gasteiger partial charge in [0.2, 0.25) is 0 Å². The van der Waals surface area contributed by atoms with Crippen molar-refractivity contribution in [2.24, 2.45) is 11.7 Å². The Kier molecular flexibility index (Phi) is 3.79. The minimum absolute atomic E-state index is 0.0909. The molecule has 2 unspecified atom stereocenters. The van der Waals surface area contributed by atoms with Crippen LogP contribution in [0.1, 0.15) is 24.5 Å². The molecule has 0 amide bonds. The second-order valence-electron chi connectivity index (χ2n) is 4.10. The predicted octanol–water partition coefficient (Wildman–Crippen LogP) is 2.91. The van der Waals surface area contributed by atoms with Gasteiger partial charge in [-0.25, -0.2) is 4.39 Å². The van der Waals surface area contributed by atoms with Gasteiger partial charge in [-0.3, -0.25) is 0 Å². The first-order valence-corrected chi connectivity index (χ1v) is 5.87. The fourth-order valence-corrected chi connectivity index (χ4v) is 2.44. The molecule has 2 N–H and O–H groups in total. The van der Waals surface area contributed by atoms with Gasteiger partial charge < -0.3 is 10.5 Å². The van der Waals surface area contributed by atoms with Crippen LogP contribution in [-0.4, -0.2) is 13.2 Å². The molecule has 1 aromatic rings. The second kappa shape index (κ2) is 5.13. The molecule has 1 heterocycles. The third kappa shape index (κ3) is 2.37. The van der Waals surface area contributed by atoms with E-state index in [1.807, 2.05) is 0 Å². The molecule has 2 nitrogen and oxygen atoms in total. The molecule has 0 bridgehead atoms. The highest BCUT2D eigenvalue weighted by atomic mass is 35.5. The van der Waals surface area contributed by atoms with Crippen molar-refractivity contribution < 1.29 is 9.13 Å². The van der Waals surface area contributed by atoms with Gasteiger partial charge in [0.15, 0.2) is 0 Å². The van der Waals surface area contributed by atoms with Crippen molar-refractivity contribution in [3.8, 4) is 0 Å². The van der Waals surface area contributed by atoms with E-state index in [0.29, 0.717) is 11.6 Å². The monoisotopic (exact) mass is 243 g/mol. The van der Waals surface area contributed by atoms with Gasteiger partial charge in [-0.1, -0.05) is 17.7 Å². The summed E-state index contributed by atoms with van der Waals surface area (Å²) in [5.41, 5.74) is 6.56. The number of nitrogens with two attached hydrogens (primary N) is 1. The molecule has 2 atom stereocenters. The fraction of sp³-hybridized carbons (Fsp3) is 0.500. The first-order valence-electron chi connectivity index (χ1n) is 5.49. The van der Waals surface area contributed by atoms with Crippen molar-refractivity contribution in [2.75, 3.05) is 13.2 Å². The average Bonchev–Trinajstić information content (AvgIpc) is 2.29. The van der Waals surface area contributed by atoms with Crippen LogP contribution >= 0.6 is 11.6 Å². The van der Waals surface area contributed by atoms with E-state index in [1.54, 1.807) is 6.07 Å². The van der Waals surface area contributed by atoms with E-state index in [4.69, 9.17) is 22.1 Å². The van der Waals surface area contributed by atoms with Gasteiger partial charge in [-0.15, -0.1) is 0 Å². The topological polar surface area (TPSA) is 35.2 Å². The van der Waals surface area contributed by atoms with Gasteiger partial charge in [0.25, 0.3) is 0 Å². The van der Waals surface area contributed by atoms with Gasteiger partial charge in [0, 0.05) is 17.5 Å². The smallest absolute Gasteiger partial charge is 0.124 e. The van der Waals surface area contributed by atoms with E-state index in [9.17, 15) is 4.39 Å². The minimum Gasteiger partial charge on any atom is -0.373 e. The Bertz CT molecular complexity index is 372. The Hall–Kier alpha value is -0.640. The van der Waals surface area contributed by atoms with E-state index in [-0.39, 0.29) is 17.8 Å². The highest BCUT2D eigenvalue weighted by Crippen LogP contribution is 2.36. The molecular weight excluding hydrogens is 229 g/mol. The molecule has 0 saturated carbocycles. The van der Waals surface area contributed by atoms with Crippen molar-refractivity contribution in [1.82, 2.24) is 0 Å². The zero-order valence-corrected chi connectivity index (χ0v) is 9.71. The normalized spacial score (nSPS) is 25.7. The zero-order valence-electron chi connectivity index (χ0n) is 8.96. The van der Waals surface area contributed by atoms with Crippen molar-refractivity contribution in [2.45, 2.75) is 18.9 Å². The lowest BCUT2D eigenvalue weighted by molar-refractivity contribution is -0.0251. The van der Waals surface area contributed by atoms with Gasteiger partial charge >= 0.3 is 0 Å². The van der Waals surface area contributed by atoms with Crippen LogP contribution in [0.4, 0.5) is 4.39 Å². The Balaban J connectivity index is 2.27. The standard InChI is InChI=1S/C12H15ClFNO/c13-11-6-9(14)3-4-10(11)12-8(7-15)2-1-5-16-12/h3-4,6,8,12H,1-2,5,7,15H2. The summed E-state index contributed by atoms with van der Waals surface area (Å²) in [6.45, 7) is 1.28. The van der Waals surface area contributed by atoms with Crippen LogP contribution in [0.15, 0.2) is 18.2 Å². The summed E-state index contributed by atoms with van der Waals surface area (Å²) in [6, 6.07) is 4.42. The molecule has 16 heavy (non-hydrogen) atoms. The van der Waals surface area contributed by atoms with E-state index < -0.39 is 0 Å². The largest absolute Gasteiger partial charge is 0.373 e. The van der Waals surface area contributed by atoms with Gasteiger partial charge in [0.05, 0.1) is 6.10 Å². The highest BCUT2D eigenvalue weighted by Gasteiger charge is 2.27. The van der Waals surface area contributed by atoms with Gasteiger partial charge in [-0.2, -0.15) is 0 Å². The molecule has 1 aliphatic heterocycles. The van der Waals surface area contributed by atoms with Crippen LogP contribution in [0.25, 0.3) is 0 Å². The third-order valence-electron chi connectivity index (χ3n) is 3.02. The van der Waals surface area contributed by atoms with Crippen LogP contribution in [0, 0.1) is 11.7 Å². The molecule has 1 saturated heterocycles. The molecule has 4 heteroatoms. The zero-order chi connectivity index (χ0) is 11.5. The van der Waals surface area contributed by atoms with E-state index >= 15 is 0 Å². The molecule has 1 aliphatic rings. The fourth-order valence-electron chi connectivity index (χ4n) is 2.16. The lowest BCUT2D eigenvalue weighted by Crippen LogP contribution is -2.28. The summed E-state index contributed by atoms with van der Waals surface area (Å²) in [5, 5.41) is 0.422. The van der Waals surface area contributed by atoms with Crippen molar-refractivity contribution >= 4 is 11.6 Å². The van der Waals surface area contributed by atoms with E-state index in [0.717, 1.165) is 25.0 Å². The van der Waals surface area contributed by atoms with Crippen LogP contribution in [-0.2, 0) is 4.74 Å². The number of ether oxygens (including phenoxy) is 1. The lowest BCUT2D eigenvalue weighted by atomic mass is 9.89. The highest BCUT2D eigenvalue weighted by molar-refractivity contribution is 6.31. The molecule has 0 aliphatic carbocycles. The summed E-state index contributed by atoms with van der Waals surface area (Å²) >= 11 is 6.02. The van der Waals surface area contributed by atoms with Crippen LogP contribution in [0.3, 0.4) is 0 Å². The summed E-state index contributed by atoms with van der Waals surface area (Å²) in [5.74, 6) is -0.0504. The first-order chi connectivity index (χ1) is 7.72. The number of halogens is 2. The first kappa shape index (κ1) is 11.8. The second-order valence-corrected chi connectivity index (χ2v) is 4.50. The van der Waals surface area contributed by atoms with Gasteiger partial charge in [-0.05, 0) is 37.1 Å². The maximum Gasteiger partial charge on any atom is 0.124 e. The minimum atomic E-state index is -0.325. The lowest BCUT2D eigenvalue weighted by Gasteiger charge is -2.31. The molecule has 1 fully saturated rings. The Labute approximate surface area is 99.5 Å². The molecule has 0 spiro atoms. The Morgan fingerprint density at radius 2 is 2.31 bits per heavy atom. The molecule has 0 radical (unpaired) electrons. The Morgan fingerprint density at radius 1 is 1.50 bits per heavy atom. The van der Waals surface area contributed by atoms with E-state index in [2.05, 4.69) is 0 Å². The van der Waals surface area contributed by atoms with Crippen molar-refractivity contribution in [3.63, 3.8) is 0 Å². The molecular formula is C12H15ClFNO. The number of benzene rings is 1. The SMILES string of the molecule is NCC1CCCOC1c1ccc(F)cc1Cl. The predicted molar refractivity (Wildman–Crippen MR) is 61.9 cm³/mol. The van der Waals surface area contributed by atoms with Crippen LogP contribution in [0.2, 0.25) is 5.02 Å². The summed E-state index contributed by atoms with van der Waals surface area (Å²) in [6.07, 6.45) is 1.97. The summed E-state index contributed by atoms with van der Waals surface area (Å²) in [7, 11) is 0. The van der Waals surface area contributed by atoms with Gasteiger partial charge in [0.1, 0.15) is 5.82 Å². The van der Waals surface area contributed by atoms with Crippen molar-refractivity contribution in [1.29, 1.82) is 0 Å². The molecule has 2 rings (SSSR count). The molecule has 88 valence electrons. The quantitative estimate of drug-likeness (QED) is 0.867. The number of hydrogen-bond acceptors (Lipinski definition) is 2. The third-order valence-corrected chi connectivity index (χ3v) is 3.34. The van der Waals surface area contributed by atoms with E-state index in [1.165, 1.54) is 12.1 Å². The Morgan fingerprint density at radius 3 is 3.00 bits per heavy atom. The van der Waals surface area contributed by atoms with Crippen LogP contribution in [0.5, 0.6) is 0 Å². The summed E-state index contributed by atoms with van der Waals surface area (Å²) in [4.78, 5) is 0. The summed E-state index contributed by atoms with van der Waals surface area (Å²) < 4.78 is 18.6. The van der Waals surface area contributed by atoms with Crippen molar-refractivity contribution in [3.05, 3.63) is 34.6 Å². The molecule has 0 aromatic heterocycles. The molecule has 1 aromatic carbocycles. The number of hydrogen-bond donors (Lipinski definition) is 1. The number of rotatable bonds is 2. The average molecular weight is 244 g/mol.